The molecule has 6 heteroatoms. The van der Waals surface area contributed by atoms with Crippen molar-refractivity contribution in [3.63, 3.8) is 0 Å². The number of hydrogen-bond donors (Lipinski definition) is 1. The monoisotopic (exact) mass is 268 g/mol. The van der Waals surface area contributed by atoms with Crippen molar-refractivity contribution >= 4 is 27.3 Å². The highest BCUT2D eigenvalue weighted by Crippen LogP contribution is 2.32. The Balaban J connectivity index is 2.09. The van der Waals surface area contributed by atoms with E-state index < -0.39 is 10.0 Å². The summed E-state index contributed by atoms with van der Waals surface area (Å²) < 4.78 is 24.5. The summed E-state index contributed by atoms with van der Waals surface area (Å²) in [6.07, 6.45) is 3.04. The van der Waals surface area contributed by atoms with Crippen molar-refractivity contribution < 1.29 is 13.2 Å². The molecule has 1 aromatic rings. The molecule has 98 valence electrons. The summed E-state index contributed by atoms with van der Waals surface area (Å²) in [4.78, 5) is 13.4. The minimum atomic E-state index is -3.26. The van der Waals surface area contributed by atoms with Crippen LogP contribution in [0.4, 0.5) is 11.4 Å². The number of carbonyl (C=O) groups is 1. The van der Waals surface area contributed by atoms with E-state index in [4.69, 9.17) is 0 Å². The number of carbonyl (C=O) groups excluding carboxylic acids is 1. The quantitative estimate of drug-likeness (QED) is 0.898. The average Bonchev–Trinajstić information content (AvgIpc) is 3.10. The molecule has 0 heterocycles. The number of amides is 1. The van der Waals surface area contributed by atoms with Gasteiger partial charge in [-0.3, -0.25) is 9.52 Å². The lowest BCUT2D eigenvalue weighted by Gasteiger charge is -2.17. The first-order valence-corrected chi connectivity index (χ1v) is 7.61. The fourth-order valence-corrected chi connectivity index (χ4v) is 2.26. The summed E-state index contributed by atoms with van der Waals surface area (Å²) in [5.41, 5.74) is 1.26. The molecule has 0 saturated heterocycles. The number of nitrogens with one attached hydrogen (secondary N) is 1. The number of rotatable bonds is 4. The molecule has 5 nitrogen and oxygen atoms in total. The molecule has 0 unspecified atom stereocenters. The van der Waals surface area contributed by atoms with Crippen LogP contribution in [-0.4, -0.2) is 27.6 Å². The second kappa shape index (κ2) is 4.61. The Bertz CT molecular complexity index is 547. The molecule has 18 heavy (non-hydrogen) atoms. The predicted octanol–water partition coefficient (Wildman–Crippen LogP) is 1.43. The molecule has 0 radical (unpaired) electrons. The maximum Gasteiger partial charge on any atom is 0.229 e. The summed E-state index contributed by atoms with van der Waals surface area (Å²) in [6, 6.07) is 6.75. The van der Waals surface area contributed by atoms with Crippen LogP contribution in [0, 0.1) is 5.92 Å². The van der Waals surface area contributed by atoms with E-state index in [2.05, 4.69) is 4.72 Å². The van der Waals surface area contributed by atoms with Crippen molar-refractivity contribution in [1.29, 1.82) is 0 Å². The van der Waals surface area contributed by atoms with Gasteiger partial charge in [0.15, 0.2) is 0 Å². The summed E-state index contributed by atoms with van der Waals surface area (Å²) in [5, 5.41) is 0. The normalized spacial score (nSPS) is 15.2. The summed E-state index contributed by atoms with van der Waals surface area (Å²) >= 11 is 0. The standard InChI is InChI=1S/C12H16N2O3S/c1-14(12(15)9-3-4-9)11-7-5-10(6-8-11)13-18(2,16)17/h5-9,13H,3-4H2,1-2H3. The Morgan fingerprint density at radius 3 is 2.28 bits per heavy atom. The van der Waals surface area contributed by atoms with Gasteiger partial charge in [0, 0.05) is 24.3 Å². The lowest BCUT2D eigenvalue weighted by Crippen LogP contribution is -2.27. The molecule has 0 atom stereocenters. The third-order valence-electron chi connectivity index (χ3n) is 2.82. The Kier molecular flexibility index (Phi) is 3.30. The lowest BCUT2D eigenvalue weighted by atomic mass is 10.2. The molecule has 2 rings (SSSR count). The first-order valence-electron chi connectivity index (χ1n) is 5.72. The lowest BCUT2D eigenvalue weighted by molar-refractivity contribution is -0.119. The van der Waals surface area contributed by atoms with E-state index >= 15 is 0 Å². The molecule has 1 saturated carbocycles. The zero-order valence-corrected chi connectivity index (χ0v) is 11.2. The van der Waals surface area contributed by atoms with E-state index in [-0.39, 0.29) is 11.8 Å². The van der Waals surface area contributed by atoms with Crippen LogP contribution in [0.2, 0.25) is 0 Å². The van der Waals surface area contributed by atoms with Gasteiger partial charge in [0.05, 0.1) is 6.26 Å². The topological polar surface area (TPSA) is 66.5 Å². The van der Waals surface area contributed by atoms with E-state index in [1.165, 1.54) is 0 Å². The van der Waals surface area contributed by atoms with Crippen molar-refractivity contribution in [3.05, 3.63) is 24.3 Å². The van der Waals surface area contributed by atoms with Gasteiger partial charge in [-0.15, -0.1) is 0 Å². The molecular formula is C12H16N2O3S. The van der Waals surface area contributed by atoms with Crippen molar-refractivity contribution in [2.45, 2.75) is 12.8 Å². The fourth-order valence-electron chi connectivity index (χ4n) is 1.70. The van der Waals surface area contributed by atoms with Gasteiger partial charge in [0.1, 0.15) is 0 Å². The Morgan fingerprint density at radius 1 is 1.28 bits per heavy atom. The molecule has 1 aromatic carbocycles. The van der Waals surface area contributed by atoms with Gasteiger partial charge in [0.25, 0.3) is 0 Å². The van der Waals surface area contributed by atoms with Crippen molar-refractivity contribution in [2.75, 3.05) is 22.9 Å². The van der Waals surface area contributed by atoms with Gasteiger partial charge in [-0.1, -0.05) is 0 Å². The summed E-state index contributed by atoms with van der Waals surface area (Å²) in [5.74, 6) is 0.294. The van der Waals surface area contributed by atoms with Crippen molar-refractivity contribution in [3.8, 4) is 0 Å². The van der Waals surface area contributed by atoms with Gasteiger partial charge >= 0.3 is 0 Å². The zero-order valence-electron chi connectivity index (χ0n) is 10.4. The van der Waals surface area contributed by atoms with E-state index in [9.17, 15) is 13.2 Å². The van der Waals surface area contributed by atoms with E-state index in [1.807, 2.05) is 0 Å². The molecule has 1 aliphatic carbocycles. The van der Waals surface area contributed by atoms with Crippen LogP contribution in [0.3, 0.4) is 0 Å². The second-order valence-corrected chi connectivity index (χ2v) is 6.34. The number of hydrogen-bond acceptors (Lipinski definition) is 3. The third kappa shape index (κ3) is 3.22. The first-order chi connectivity index (χ1) is 8.37. The SMILES string of the molecule is CN(C(=O)C1CC1)c1ccc(NS(C)(=O)=O)cc1. The van der Waals surface area contributed by atoms with Crippen LogP contribution in [0.25, 0.3) is 0 Å². The minimum Gasteiger partial charge on any atom is -0.315 e. The fraction of sp³-hybridized carbons (Fsp3) is 0.417. The largest absolute Gasteiger partial charge is 0.315 e. The maximum absolute atomic E-state index is 11.8. The van der Waals surface area contributed by atoms with Gasteiger partial charge in [-0.05, 0) is 37.1 Å². The smallest absolute Gasteiger partial charge is 0.229 e. The summed E-state index contributed by atoms with van der Waals surface area (Å²) in [6.45, 7) is 0. The van der Waals surface area contributed by atoms with Crippen LogP contribution in [0.1, 0.15) is 12.8 Å². The minimum absolute atomic E-state index is 0.124. The van der Waals surface area contributed by atoms with Gasteiger partial charge in [-0.2, -0.15) is 0 Å². The molecule has 1 N–H and O–H groups in total. The average molecular weight is 268 g/mol. The van der Waals surface area contributed by atoms with E-state index in [0.717, 1.165) is 24.8 Å². The highest BCUT2D eigenvalue weighted by Gasteiger charge is 2.32. The molecule has 0 aliphatic heterocycles. The van der Waals surface area contributed by atoms with Crippen LogP contribution in [0.15, 0.2) is 24.3 Å². The molecule has 1 aliphatic rings. The summed E-state index contributed by atoms with van der Waals surface area (Å²) in [7, 11) is -1.52. The van der Waals surface area contributed by atoms with E-state index in [1.54, 1.807) is 36.2 Å². The molecular weight excluding hydrogens is 252 g/mol. The Morgan fingerprint density at radius 2 is 1.83 bits per heavy atom. The van der Waals surface area contributed by atoms with Crippen molar-refractivity contribution in [1.82, 2.24) is 0 Å². The molecule has 1 amide bonds. The highest BCUT2D eigenvalue weighted by atomic mass is 32.2. The van der Waals surface area contributed by atoms with Crippen molar-refractivity contribution in [2.24, 2.45) is 5.92 Å². The van der Waals surface area contributed by atoms with Gasteiger partial charge in [0.2, 0.25) is 15.9 Å². The molecule has 1 fully saturated rings. The van der Waals surface area contributed by atoms with Gasteiger partial charge in [-0.25, -0.2) is 8.42 Å². The Labute approximate surface area is 107 Å². The number of benzene rings is 1. The zero-order chi connectivity index (χ0) is 13.3. The second-order valence-electron chi connectivity index (χ2n) is 4.59. The van der Waals surface area contributed by atoms with E-state index in [0.29, 0.717) is 5.69 Å². The number of nitrogens with zero attached hydrogens (tertiary/aromatic N) is 1. The third-order valence-corrected chi connectivity index (χ3v) is 3.42. The van der Waals surface area contributed by atoms with Crippen LogP contribution in [-0.2, 0) is 14.8 Å². The molecule has 0 bridgehead atoms. The van der Waals surface area contributed by atoms with Crippen LogP contribution < -0.4 is 9.62 Å². The molecule has 0 aromatic heterocycles. The van der Waals surface area contributed by atoms with Crippen LogP contribution >= 0.6 is 0 Å². The maximum atomic E-state index is 11.8. The Hall–Kier alpha value is -1.56. The number of anilines is 2. The van der Waals surface area contributed by atoms with Gasteiger partial charge < -0.3 is 4.90 Å². The molecule has 0 spiro atoms. The predicted molar refractivity (Wildman–Crippen MR) is 71.0 cm³/mol. The highest BCUT2D eigenvalue weighted by molar-refractivity contribution is 7.92. The number of sulfonamides is 1. The first kappa shape index (κ1) is 12.9. The van der Waals surface area contributed by atoms with Crippen LogP contribution in [0.5, 0.6) is 0 Å².